The van der Waals surface area contributed by atoms with Crippen molar-refractivity contribution in [1.82, 2.24) is 14.1 Å². The van der Waals surface area contributed by atoms with Gasteiger partial charge in [-0.3, -0.25) is 4.98 Å². The maximum atomic E-state index is 4.84. The molecule has 224 valence electrons. The maximum Gasteiger partial charge on any atom is 0.0730 e. The SMILES string of the molecule is c1ccc(-n2c3ccccc3c3cc(-c4ccc(-c5ccc6c(c5)c5c7ccccc7ncc5n6-c5ccccc5)cc4)ccc32)cc1. The molecule has 10 aromatic rings. The third-order valence-corrected chi connectivity index (χ3v) is 9.76. The molecule has 0 atom stereocenters. The number of nitrogens with zero attached hydrogens (tertiary/aromatic N) is 3. The van der Waals surface area contributed by atoms with Crippen molar-refractivity contribution in [2.75, 3.05) is 0 Å². The van der Waals surface area contributed by atoms with Crippen molar-refractivity contribution in [3.8, 4) is 33.6 Å². The van der Waals surface area contributed by atoms with E-state index in [1.807, 2.05) is 6.20 Å². The summed E-state index contributed by atoms with van der Waals surface area (Å²) in [6.07, 6.45) is 2.02. The Kier molecular flexibility index (Phi) is 5.87. The molecule has 3 heteroatoms. The smallest absolute Gasteiger partial charge is 0.0730 e. The van der Waals surface area contributed by atoms with Gasteiger partial charge < -0.3 is 9.13 Å². The topological polar surface area (TPSA) is 22.8 Å². The van der Waals surface area contributed by atoms with E-state index >= 15 is 0 Å². The van der Waals surface area contributed by atoms with E-state index in [1.54, 1.807) is 0 Å². The van der Waals surface area contributed by atoms with Gasteiger partial charge >= 0.3 is 0 Å². The van der Waals surface area contributed by atoms with Crippen molar-refractivity contribution >= 4 is 54.5 Å². The summed E-state index contributed by atoms with van der Waals surface area (Å²) in [5.74, 6) is 0. The first-order valence-electron chi connectivity index (χ1n) is 16.4. The van der Waals surface area contributed by atoms with E-state index in [1.165, 1.54) is 71.4 Å². The molecule has 0 fully saturated rings. The van der Waals surface area contributed by atoms with Crippen LogP contribution >= 0.6 is 0 Å². The number of pyridine rings is 1. The van der Waals surface area contributed by atoms with Gasteiger partial charge in [-0.05, 0) is 82.9 Å². The van der Waals surface area contributed by atoms with Crippen molar-refractivity contribution in [3.05, 3.63) is 176 Å². The molecular formula is C45H29N3. The minimum atomic E-state index is 1.01. The van der Waals surface area contributed by atoms with E-state index in [0.29, 0.717) is 0 Å². The third kappa shape index (κ3) is 4.04. The Hall–Kier alpha value is -6.45. The molecule has 7 aromatic carbocycles. The van der Waals surface area contributed by atoms with Gasteiger partial charge in [-0.2, -0.15) is 0 Å². The van der Waals surface area contributed by atoms with Gasteiger partial charge in [-0.1, -0.05) is 109 Å². The highest BCUT2D eigenvalue weighted by molar-refractivity contribution is 6.21. The Balaban J connectivity index is 1.09. The van der Waals surface area contributed by atoms with E-state index in [4.69, 9.17) is 4.98 Å². The van der Waals surface area contributed by atoms with Gasteiger partial charge in [0.05, 0.1) is 33.8 Å². The highest BCUT2D eigenvalue weighted by atomic mass is 15.0. The molecule has 3 aromatic heterocycles. The lowest BCUT2D eigenvalue weighted by atomic mass is 9.98. The van der Waals surface area contributed by atoms with Crippen molar-refractivity contribution in [2.45, 2.75) is 0 Å². The average molecular weight is 612 g/mol. The zero-order valence-electron chi connectivity index (χ0n) is 26.1. The highest BCUT2D eigenvalue weighted by Gasteiger charge is 2.17. The standard InChI is InChI=1S/C45H29N3/c1-3-11-34(12-4-1)47-41-18-10-8-15-36(41)38-27-32(23-25-42(38)47)30-19-21-31(22-20-30)33-24-26-43-39(28-33)45-37-16-7-9-17-40(37)46-29-44(45)48(43)35-13-5-2-6-14-35/h1-29H. The first-order chi connectivity index (χ1) is 23.8. The normalized spacial score (nSPS) is 11.8. The number of rotatable bonds is 4. The summed E-state index contributed by atoms with van der Waals surface area (Å²) < 4.78 is 4.70. The molecule has 3 nitrogen and oxygen atoms in total. The molecule has 3 heterocycles. The molecule has 0 unspecified atom stereocenters. The summed E-state index contributed by atoms with van der Waals surface area (Å²) in [4.78, 5) is 4.84. The van der Waals surface area contributed by atoms with Crippen LogP contribution in [-0.4, -0.2) is 14.1 Å². The Bertz CT molecular complexity index is 2810. The van der Waals surface area contributed by atoms with E-state index in [9.17, 15) is 0 Å². The van der Waals surface area contributed by atoms with Crippen molar-refractivity contribution in [2.24, 2.45) is 0 Å². The third-order valence-electron chi connectivity index (χ3n) is 9.76. The first-order valence-corrected chi connectivity index (χ1v) is 16.4. The molecule has 0 saturated heterocycles. The molecule has 0 aliphatic carbocycles. The van der Waals surface area contributed by atoms with Gasteiger partial charge in [-0.15, -0.1) is 0 Å². The number of hydrogen-bond donors (Lipinski definition) is 0. The van der Waals surface area contributed by atoms with E-state index in [2.05, 4.69) is 179 Å². The summed E-state index contributed by atoms with van der Waals surface area (Å²) in [5, 5.41) is 6.17. The fourth-order valence-electron chi connectivity index (χ4n) is 7.54. The lowest BCUT2D eigenvalue weighted by molar-refractivity contribution is 1.17. The molecule has 0 aliphatic rings. The summed E-state index contributed by atoms with van der Waals surface area (Å²) >= 11 is 0. The minimum Gasteiger partial charge on any atom is -0.309 e. The molecule has 0 spiro atoms. The Morgan fingerprint density at radius 1 is 0.333 bits per heavy atom. The van der Waals surface area contributed by atoms with Crippen LogP contribution in [0.3, 0.4) is 0 Å². The van der Waals surface area contributed by atoms with Crippen LogP contribution in [0, 0.1) is 0 Å². The predicted octanol–water partition coefficient (Wildman–Crippen LogP) is 11.8. The average Bonchev–Trinajstić information content (AvgIpc) is 3.68. The predicted molar refractivity (Wildman–Crippen MR) is 201 cm³/mol. The monoisotopic (exact) mass is 611 g/mol. The van der Waals surface area contributed by atoms with E-state index in [-0.39, 0.29) is 0 Å². The molecule has 0 bridgehead atoms. The summed E-state index contributed by atoms with van der Waals surface area (Å²) in [6, 6.07) is 61.1. The molecule has 10 rings (SSSR count). The molecule has 0 aliphatic heterocycles. The lowest BCUT2D eigenvalue weighted by Gasteiger charge is -2.09. The number of fused-ring (bicyclic) bond motifs is 8. The number of para-hydroxylation sites is 4. The lowest BCUT2D eigenvalue weighted by Crippen LogP contribution is -1.93. The second-order valence-electron chi connectivity index (χ2n) is 12.4. The molecule has 0 saturated carbocycles. The molecule has 0 N–H and O–H groups in total. The first kappa shape index (κ1) is 26.7. The van der Waals surface area contributed by atoms with Crippen molar-refractivity contribution in [1.29, 1.82) is 0 Å². The zero-order valence-corrected chi connectivity index (χ0v) is 26.1. The Labute approximate surface area is 277 Å². The number of aromatic nitrogens is 3. The maximum absolute atomic E-state index is 4.84. The fourth-order valence-corrected chi connectivity index (χ4v) is 7.54. The summed E-state index contributed by atoms with van der Waals surface area (Å²) in [6.45, 7) is 0. The molecule has 48 heavy (non-hydrogen) atoms. The van der Waals surface area contributed by atoms with Gasteiger partial charge in [0.25, 0.3) is 0 Å². The molecular weight excluding hydrogens is 583 g/mol. The second kappa shape index (κ2) is 10.5. The van der Waals surface area contributed by atoms with Crippen molar-refractivity contribution in [3.63, 3.8) is 0 Å². The summed E-state index contributed by atoms with van der Waals surface area (Å²) in [5.41, 5.74) is 12.9. The molecule has 0 radical (unpaired) electrons. The summed E-state index contributed by atoms with van der Waals surface area (Å²) in [7, 11) is 0. The van der Waals surface area contributed by atoms with Gasteiger partial charge in [0, 0.05) is 38.3 Å². The van der Waals surface area contributed by atoms with E-state index < -0.39 is 0 Å². The second-order valence-corrected chi connectivity index (χ2v) is 12.4. The van der Waals surface area contributed by atoms with Crippen LogP contribution in [0.4, 0.5) is 0 Å². The van der Waals surface area contributed by atoms with Gasteiger partial charge in [-0.25, -0.2) is 0 Å². The zero-order chi connectivity index (χ0) is 31.6. The van der Waals surface area contributed by atoms with Crippen LogP contribution in [0.1, 0.15) is 0 Å². The van der Waals surface area contributed by atoms with Crippen LogP contribution in [-0.2, 0) is 0 Å². The fraction of sp³-hybridized carbons (Fsp3) is 0. The van der Waals surface area contributed by atoms with Crippen LogP contribution < -0.4 is 0 Å². The van der Waals surface area contributed by atoms with E-state index in [0.717, 1.165) is 16.7 Å². The van der Waals surface area contributed by atoms with Crippen molar-refractivity contribution < 1.29 is 0 Å². The molecule has 0 amide bonds. The number of benzene rings is 7. The number of hydrogen-bond acceptors (Lipinski definition) is 1. The quantitative estimate of drug-likeness (QED) is 0.194. The highest BCUT2D eigenvalue weighted by Crippen LogP contribution is 2.39. The Morgan fingerprint density at radius 2 is 0.812 bits per heavy atom. The van der Waals surface area contributed by atoms with Gasteiger partial charge in [0.2, 0.25) is 0 Å². The van der Waals surface area contributed by atoms with Crippen LogP contribution in [0.2, 0.25) is 0 Å². The van der Waals surface area contributed by atoms with Crippen LogP contribution in [0.5, 0.6) is 0 Å². The van der Waals surface area contributed by atoms with Crippen LogP contribution in [0.15, 0.2) is 176 Å². The van der Waals surface area contributed by atoms with Crippen LogP contribution in [0.25, 0.3) is 88.1 Å². The Morgan fingerprint density at radius 3 is 1.48 bits per heavy atom. The minimum absolute atomic E-state index is 1.01. The van der Waals surface area contributed by atoms with Gasteiger partial charge in [0.1, 0.15) is 0 Å². The largest absolute Gasteiger partial charge is 0.309 e. The van der Waals surface area contributed by atoms with Gasteiger partial charge in [0.15, 0.2) is 0 Å².